The van der Waals surface area contributed by atoms with Crippen LogP contribution in [0.5, 0.6) is 0 Å². The van der Waals surface area contributed by atoms with Gasteiger partial charge in [-0.3, -0.25) is 10.1 Å². The number of amides is 1. The molecule has 2 aromatic rings. The van der Waals surface area contributed by atoms with E-state index in [2.05, 4.69) is 41.6 Å². The van der Waals surface area contributed by atoms with Gasteiger partial charge < -0.3 is 23.5 Å². The summed E-state index contributed by atoms with van der Waals surface area (Å²) in [6.07, 6.45) is 2.16. The number of hydrogen-bond acceptors (Lipinski definition) is 3. The molecule has 5 nitrogen and oxygen atoms in total. The zero-order valence-electron chi connectivity index (χ0n) is 14.2. The first kappa shape index (κ1) is 18.1. The van der Waals surface area contributed by atoms with Gasteiger partial charge in [0.2, 0.25) is 17.5 Å². The van der Waals surface area contributed by atoms with Crippen molar-refractivity contribution in [3.05, 3.63) is 46.5 Å². The van der Waals surface area contributed by atoms with Crippen LogP contribution in [0.4, 0.5) is 17.3 Å². The van der Waals surface area contributed by atoms with E-state index in [0.717, 1.165) is 18.7 Å². The zero-order valence-corrected chi connectivity index (χ0v) is 14.9. The predicted octanol–water partition coefficient (Wildman–Crippen LogP) is -0.238. The summed E-state index contributed by atoms with van der Waals surface area (Å²) in [4.78, 5) is 14.3. The largest absolute Gasteiger partial charge is 1.00 e. The van der Waals surface area contributed by atoms with E-state index in [4.69, 9.17) is 5.73 Å². The number of aromatic nitrogens is 1. The molecule has 3 rings (SSSR count). The minimum atomic E-state index is -0.137. The standard InChI is InChI=1S/C18H22N4O.ClH/c1-10-8-11(2)17-13(9-10)4-5-14(17)21-16-7-6-15(18(19)22-16)20-12(3)23;/h6-9,14H,4-5H2,1-3H3,(H,20,23)(H3,19,21,22);1H. The maximum atomic E-state index is 11.1. The Hall–Kier alpha value is -2.27. The fourth-order valence-electron chi connectivity index (χ4n) is 3.44. The molecule has 0 bridgehead atoms. The Balaban J connectivity index is 0.00000208. The number of rotatable bonds is 3. The van der Waals surface area contributed by atoms with Crippen LogP contribution in [0.1, 0.15) is 41.6 Å². The molecular weight excluding hydrogens is 324 g/mol. The number of nitrogens with one attached hydrogen (secondary N) is 3. The molecule has 1 aromatic heterocycles. The molecule has 0 saturated heterocycles. The molecule has 5 N–H and O–H groups in total. The summed E-state index contributed by atoms with van der Waals surface area (Å²) in [6, 6.07) is 8.52. The van der Waals surface area contributed by atoms with Gasteiger partial charge in [0.1, 0.15) is 5.69 Å². The van der Waals surface area contributed by atoms with E-state index in [1.807, 2.05) is 12.1 Å². The third kappa shape index (κ3) is 3.62. The Labute approximate surface area is 148 Å². The van der Waals surface area contributed by atoms with Crippen LogP contribution >= 0.6 is 0 Å². The number of nitrogens with two attached hydrogens (primary N) is 1. The molecule has 0 saturated carbocycles. The lowest BCUT2D eigenvalue weighted by molar-refractivity contribution is -0.342. The molecule has 24 heavy (non-hydrogen) atoms. The maximum Gasteiger partial charge on any atom is 0.241 e. The molecule has 1 aliphatic carbocycles. The molecule has 1 heterocycles. The summed E-state index contributed by atoms with van der Waals surface area (Å²) in [5, 5.41) is 6.23. The molecule has 1 amide bonds. The minimum Gasteiger partial charge on any atom is -1.00 e. The Bertz CT molecular complexity index is 776. The van der Waals surface area contributed by atoms with Gasteiger partial charge in [0, 0.05) is 13.0 Å². The minimum absolute atomic E-state index is 0. The SMILES string of the molecule is CC(=O)Nc1ccc(NC2CCc3cc(C)cc(C)c32)[nH+]c1N.[Cl-]. The third-order valence-electron chi connectivity index (χ3n) is 4.28. The van der Waals surface area contributed by atoms with Gasteiger partial charge in [-0.1, -0.05) is 17.7 Å². The number of hydrogen-bond donors (Lipinski definition) is 3. The number of nitrogen functional groups attached to an aromatic ring is 1. The van der Waals surface area contributed by atoms with Crippen LogP contribution < -0.4 is 33.8 Å². The number of carbonyl (C=O) groups excluding carboxylic acids is 1. The highest BCUT2D eigenvalue weighted by atomic mass is 35.5. The number of pyridine rings is 1. The maximum absolute atomic E-state index is 11.1. The van der Waals surface area contributed by atoms with Gasteiger partial charge >= 0.3 is 0 Å². The first-order valence-corrected chi connectivity index (χ1v) is 7.90. The summed E-state index contributed by atoms with van der Waals surface area (Å²) < 4.78 is 0. The Morgan fingerprint density at radius 2 is 2.04 bits per heavy atom. The van der Waals surface area contributed by atoms with Crippen LogP contribution in [0.25, 0.3) is 0 Å². The van der Waals surface area contributed by atoms with Gasteiger partial charge in [-0.05, 0) is 49.4 Å². The van der Waals surface area contributed by atoms with Crippen molar-refractivity contribution in [3.63, 3.8) is 0 Å². The van der Waals surface area contributed by atoms with E-state index in [0.29, 0.717) is 11.5 Å². The van der Waals surface area contributed by atoms with Crippen molar-refractivity contribution in [3.8, 4) is 0 Å². The van der Waals surface area contributed by atoms with Crippen LogP contribution in [0.15, 0.2) is 24.3 Å². The second kappa shape index (κ2) is 7.09. The van der Waals surface area contributed by atoms with Crippen LogP contribution in [-0.4, -0.2) is 5.91 Å². The molecule has 1 unspecified atom stereocenters. The summed E-state index contributed by atoms with van der Waals surface area (Å²) in [5.41, 5.74) is 12.1. The van der Waals surface area contributed by atoms with Crippen molar-refractivity contribution in [1.29, 1.82) is 0 Å². The fraction of sp³-hybridized carbons (Fsp3) is 0.333. The molecular formula is C18H23ClN4O. The number of benzene rings is 1. The van der Waals surface area contributed by atoms with Crippen molar-refractivity contribution < 1.29 is 22.2 Å². The van der Waals surface area contributed by atoms with Gasteiger partial charge in [0.05, 0.1) is 6.04 Å². The lowest BCUT2D eigenvalue weighted by Crippen LogP contribution is -3.00. The summed E-state index contributed by atoms with van der Waals surface area (Å²) in [6.45, 7) is 5.78. The van der Waals surface area contributed by atoms with Crippen molar-refractivity contribution in [2.75, 3.05) is 16.4 Å². The van der Waals surface area contributed by atoms with Gasteiger partial charge in [-0.2, -0.15) is 0 Å². The Kier molecular flexibility index (Phi) is 5.34. The Morgan fingerprint density at radius 1 is 1.29 bits per heavy atom. The molecule has 1 aliphatic rings. The van der Waals surface area contributed by atoms with E-state index < -0.39 is 0 Å². The Morgan fingerprint density at radius 3 is 2.71 bits per heavy atom. The summed E-state index contributed by atoms with van der Waals surface area (Å²) in [7, 11) is 0. The van der Waals surface area contributed by atoms with E-state index in [9.17, 15) is 4.79 Å². The highest BCUT2D eigenvalue weighted by Crippen LogP contribution is 2.36. The first-order chi connectivity index (χ1) is 10.9. The van der Waals surface area contributed by atoms with Gasteiger partial charge in [0.25, 0.3) is 0 Å². The van der Waals surface area contributed by atoms with Crippen molar-refractivity contribution in [2.45, 2.75) is 39.7 Å². The van der Waals surface area contributed by atoms with E-state index in [-0.39, 0.29) is 24.4 Å². The molecule has 1 atom stereocenters. The molecule has 1 aromatic carbocycles. The molecule has 128 valence electrons. The monoisotopic (exact) mass is 346 g/mol. The quantitative estimate of drug-likeness (QED) is 0.717. The number of carbonyl (C=O) groups is 1. The average molecular weight is 347 g/mol. The molecule has 0 fully saturated rings. The second-order valence-electron chi connectivity index (χ2n) is 6.27. The number of aromatic amines is 1. The second-order valence-corrected chi connectivity index (χ2v) is 6.27. The van der Waals surface area contributed by atoms with Gasteiger partial charge in [-0.15, -0.1) is 0 Å². The third-order valence-corrected chi connectivity index (χ3v) is 4.28. The van der Waals surface area contributed by atoms with Crippen LogP contribution in [0.2, 0.25) is 0 Å². The molecule has 0 aliphatic heterocycles. The van der Waals surface area contributed by atoms with Crippen LogP contribution in [0, 0.1) is 13.8 Å². The smallest absolute Gasteiger partial charge is 0.241 e. The number of halogens is 1. The normalized spacial score (nSPS) is 15.4. The van der Waals surface area contributed by atoms with E-state index in [1.54, 1.807) is 0 Å². The zero-order chi connectivity index (χ0) is 16.6. The number of anilines is 3. The number of H-pyrrole nitrogens is 1. The fourth-order valence-corrected chi connectivity index (χ4v) is 3.44. The molecule has 0 radical (unpaired) electrons. The number of aryl methyl sites for hydroxylation is 3. The number of fused-ring (bicyclic) bond motifs is 1. The van der Waals surface area contributed by atoms with Gasteiger partial charge in [0.15, 0.2) is 0 Å². The highest BCUT2D eigenvalue weighted by molar-refractivity contribution is 5.90. The summed E-state index contributed by atoms with van der Waals surface area (Å²) in [5.74, 6) is 1.17. The van der Waals surface area contributed by atoms with Crippen molar-refractivity contribution in [1.82, 2.24) is 0 Å². The van der Waals surface area contributed by atoms with Crippen molar-refractivity contribution >= 4 is 23.2 Å². The lowest BCUT2D eigenvalue weighted by Gasteiger charge is -2.15. The molecule has 6 heteroatoms. The molecule has 0 spiro atoms. The van der Waals surface area contributed by atoms with E-state index >= 15 is 0 Å². The van der Waals surface area contributed by atoms with Crippen LogP contribution in [0.3, 0.4) is 0 Å². The van der Waals surface area contributed by atoms with E-state index in [1.165, 1.54) is 29.2 Å². The van der Waals surface area contributed by atoms with Crippen molar-refractivity contribution in [2.24, 2.45) is 0 Å². The first-order valence-electron chi connectivity index (χ1n) is 7.90. The van der Waals surface area contributed by atoms with Crippen LogP contribution in [-0.2, 0) is 11.2 Å². The lowest BCUT2D eigenvalue weighted by atomic mass is 9.99. The highest BCUT2D eigenvalue weighted by Gasteiger charge is 2.27. The summed E-state index contributed by atoms with van der Waals surface area (Å²) >= 11 is 0. The van der Waals surface area contributed by atoms with Gasteiger partial charge in [-0.25, -0.2) is 4.98 Å². The predicted molar refractivity (Wildman–Crippen MR) is 92.3 cm³/mol. The average Bonchev–Trinajstić information content (AvgIpc) is 2.84. The topological polar surface area (TPSA) is 81.3 Å².